The van der Waals surface area contributed by atoms with Crippen molar-refractivity contribution in [3.8, 4) is 0 Å². The molecule has 0 bridgehead atoms. The fourth-order valence-corrected chi connectivity index (χ4v) is 1.56. The predicted molar refractivity (Wildman–Crippen MR) is 54.8 cm³/mol. The number of carboxylic acids is 1. The highest BCUT2D eigenvalue weighted by molar-refractivity contribution is 6.04. The highest BCUT2D eigenvalue weighted by Gasteiger charge is 2.53. The third-order valence-corrected chi connectivity index (χ3v) is 2.29. The highest BCUT2D eigenvalue weighted by Crippen LogP contribution is 2.24. The zero-order chi connectivity index (χ0) is 12.6. The number of carbonyl (C=O) groups is 2. The van der Waals surface area contributed by atoms with E-state index in [0.717, 1.165) is 0 Å². The van der Waals surface area contributed by atoms with Crippen LogP contribution >= 0.6 is 0 Å². The minimum atomic E-state index is -1.81. The van der Waals surface area contributed by atoms with Gasteiger partial charge in [-0.2, -0.15) is 0 Å². The van der Waals surface area contributed by atoms with Crippen LogP contribution in [0.3, 0.4) is 0 Å². The number of aliphatic carboxylic acids is 1. The molecule has 16 heavy (non-hydrogen) atoms. The maximum atomic E-state index is 11.8. The molecule has 0 aliphatic carbocycles. The van der Waals surface area contributed by atoms with Gasteiger partial charge >= 0.3 is 11.9 Å². The molecule has 0 amide bonds. The monoisotopic (exact) mass is 231 g/mol. The number of β-amino-alcohol motifs (C(OH)–C–C–N with tert-alkyl or cyclic N) is 1. The van der Waals surface area contributed by atoms with Gasteiger partial charge in [-0.15, -0.1) is 0 Å². The van der Waals surface area contributed by atoms with Crippen molar-refractivity contribution >= 4 is 11.9 Å². The third-order valence-electron chi connectivity index (χ3n) is 2.29. The Kier molecular flexibility index (Phi) is 3.25. The van der Waals surface area contributed by atoms with Gasteiger partial charge in [0.05, 0.1) is 6.10 Å². The maximum Gasteiger partial charge on any atom is 0.338 e. The quantitative estimate of drug-likeness (QED) is 0.438. The number of aliphatic hydroxyl groups is 1. The number of rotatable bonds is 2. The van der Waals surface area contributed by atoms with Gasteiger partial charge in [-0.3, -0.25) is 5.32 Å². The van der Waals surface area contributed by atoms with Gasteiger partial charge in [0.15, 0.2) is 0 Å². The molecule has 6 nitrogen and oxygen atoms in total. The summed E-state index contributed by atoms with van der Waals surface area (Å²) in [5.41, 5.74) is -2.57. The summed E-state index contributed by atoms with van der Waals surface area (Å²) in [7, 11) is 0. The van der Waals surface area contributed by atoms with Crippen molar-refractivity contribution in [1.82, 2.24) is 5.32 Å². The van der Waals surface area contributed by atoms with Crippen molar-refractivity contribution in [3.63, 3.8) is 0 Å². The lowest BCUT2D eigenvalue weighted by Gasteiger charge is -2.27. The summed E-state index contributed by atoms with van der Waals surface area (Å²) in [4.78, 5) is 22.9. The number of esters is 1. The van der Waals surface area contributed by atoms with E-state index in [1.54, 1.807) is 20.8 Å². The molecule has 0 aromatic carbocycles. The second kappa shape index (κ2) is 4.03. The number of carboxylic acid groups (broad SMARTS) is 1. The molecule has 1 heterocycles. The van der Waals surface area contributed by atoms with Crippen LogP contribution < -0.4 is 5.32 Å². The van der Waals surface area contributed by atoms with E-state index in [1.807, 2.05) is 0 Å². The van der Waals surface area contributed by atoms with Gasteiger partial charge in [-0.1, -0.05) is 0 Å². The molecule has 3 N–H and O–H groups in total. The fraction of sp³-hybridized carbons (Fsp3) is 0.800. The van der Waals surface area contributed by atoms with Crippen molar-refractivity contribution in [2.75, 3.05) is 6.54 Å². The molecule has 0 spiro atoms. The van der Waals surface area contributed by atoms with E-state index < -0.39 is 29.2 Å². The average Bonchev–Trinajstić information content (AvgIpc) is 2.45. The molecule has 6 heteroatoms. The highest BCUT2D eigenvalue weighted by atomic mass is 16.6. The standard InChI is InChI=1S/C10H17NO5/c1-9(2,3)16-8(15)10(7(13)14)4-6(12)5-11-10/h6,11-12H,4-5H2,1-3H3,(H,13,14). The van der Waals surface area contributed by atoms with E-state index in [0.29, 0.717) is 0 Å². The summed E-state index contributed by atoms with van der Waals surface area (Å²) in [5.74, 6) is -2.18. The Morgan fingerprint density at radius 1 is 1.44 bits per heavy atom. The number of aliphatic hydroxyl groups excluding tert-OH is 1. The molecule has 92 valence electrons. The van der Waals surface area contributed by atoms with Gasteiger partial charge in [-0.05, 0) is 20.8 Å². The first-order chi connectivity index (χ1) is 7.17. The average molecular weight is 231 g/mol. The molecule has 1 fully saturated rings. The molecule has 1 saturated heterocycles. The first-order valence-electron chi connectivity index (χ1n) is 5.07. The Morgan fingerprint density at radius 2 is 2.00 bits per heavy atom. The van der Waals surface area contributed by atoms with Crippen molar-refractivity contribution in [2.45, 2.75) is 44.4 Å². The Bertz CT molecular complexity index is 309. The second-order valence-corrected chi connectivity index (χ2v) is 4.95. The van der Waals surface area contributed by atoms with Crippen molar-refractivity contribution < 1.29 is 24.5 Å². The summed E-state index contributed by atoms with van der Waals surface area (Å²) in [6.45, 7) is 5.05. The van der Waals surface area contributed by atoms with Crippen LogP contribution in [0.4, 0.5) is 0 Å². The normalized spacial score (nSPS) is 30.1. The largest absolute Gasteiger partial charge is 0.479 e. The van der Waals surface area contributed by atoms with E-state index in [9.17, 15) is 14.7 Å². The van der Waals surface area contributed by atoms with Gasteiger partial charge in [0.2, 0.25) is 5.54 Å². The molecule has 0 aromatic rings. The van der Waals surface area contributed by atoms with Crippen molar-refractivity contribution in [1.29, 1.82) is 0 Å². The van der Waals surface area contributed by atoms with Gasteiger partial charge in [0.25, 0.3) is 0 Å². The van der Waals surface area contributed by atoms with Gasteiger partial charge in [0.1, 0.15) is 5.60 Å². The van der Waals surface area contributed by atoms with Gasteiger partial charge in [-0.25, -0.2) is 9.59 Å². The number of nitrogens with one attached hydrogen (secondary N) is 1. The van der Waals surface area contributed by atoms with E-state index in [1.165, 1.54) is 0 Å². The number of hydrogen-bond acceptors (Lipinski definition) is 5. The summed E-state index contributed by atoms with van der Waals surface area (Å²) >= 11 is 0. The first kappa shape index (κ1) is 12.9. The van der Waals surface area contributed by atoms with E-state index in [-0.39, 0.29) is 13.0 Å². The molecule has 2 unspecified atom stereocenters. The first-order valence-corrected chi connectivity index (χ1v) is 5.07. The second-order valence-electron chi connectivity index (χ2n) is 4.95. The van der Waals surface area contributed by atoms with Crippen LogP contribution in [0.1, 0.15) is 27.2 Å². The number of ether oxygens (including phenoxy) is 1. The van der Waals surface area contributed by atoms with Gasteiger partial charge in [0, 0.05) is 13.0 Å². The van der Waals surface area contributed by atoms with E-state index >= 15 is 0 Å². The molecule has 0 saturated carbocycles. The van der Waals surface area contributed by atoms with Crippen LogP contribution in [0.5, 0.6) is 0 Å². The molecule has 0 radical (unpaired) electrons. The summed E-state index contributed by atoms with van der Waals surface area (Å²) < 4.78 is 5.04. The van der Waals surface area contributed by atoms with Crippen LogP contribution in [0.15, 0.2) is 0 Å². The minimum Gasteiger partial charge on any atom is -0.479 e. The van der Waals surface area contributed by atoms with Crippen LogP contribution in [-0.4, -0.2) is 45.9 Å². The molecule has 1 aliphatic rings. The maximum absolute atomic E-state index is 11.8. The van der Waals surface area contributed by atoms with E-state index in [2.05, 4.69) is 5.32 Å². The van der Waals surface area contributed by atoms with Gasteiger partial charge < -0.3 is 14.9 Å². The lowest BCUT2D eigenvalue weighted by molar-refractivity contribution is -0.170. The van der Waals surface area contributed by atoms with Crippen molar-refractivity contribution in [2.24, 2.45) is 0 Å². The Morgan fingerprint density at radius 3 is 2.31 bits per heavy atom. The minimum absolute atomic E-state index is 0.0749. The molecular weight excluding hydrogens is 214 g/mol. The number of hydrogen-bond donors (Lipinski definition) is 3. The molecule has 2 atom stereocenters. The molecule has 1 aliphatic heterocycles. The van der Waals surface area contributed by atoms with Crippen LogP contribution in [0, 0.1) is 0 Å². The van der Waals surface area contributed by atoms with E-state index in [4.69, 9.17) is 9.84 Å². The smallest absolute Gasteiger partial charge is 0.338 e. The fourth-order valence-electron chi connectivity index (χ4n) is 1.56. The number of carbonyl (C=O) groups excluding carboxylic acids is 1. The zero-order valence-corrected chi connectivity index (χ0v) is 9.61. The van der Waals surface area contributed by atoms with Crippen LogP contribution in [-0.2, 0) is 14.3 Å². The Hall–Kier alpha value is -1.14. The lowest BCUT2D eigenvalue weighted by atomic mass is 9.96. The predicted octanol–water partition coefficient (Wildman–Crippen LogP) is -0.494. The summed E-state index contributed by atoms with van der Waals surface area (Å²) in [5, 5.41) is 20.9. The van der Waals surface area contributed by atoms with Crippen LogP contribution in [0.2, 0.25) is 0 Å². The summed E-state index contributed by atoms with van der Waals surface area (Å²) in [6, 6.07) is 0. The molecule has 1 rings (SSSR count). The van der Waals surface area contributed by atoms with Crippen molar-refractivity contribution in [3.05, 3.63) is 0 Å². The topological polar surface area (TPSA) is 95.9 Å². The Balaban J connectivity index is 2.88. The summed E-state index contributed by atoms with van der Waals surface area (Å²) in [6.07, 6.45) is -1.01. The molecule has 0 aromatic heterocycles. The lowest BCUT2D eigenvalue weighted by Crippen LogP contribution is -2.56. The Labute approximate surface area is 93.6 Å². The molecular formula is C10H17NO5. The third kappa shape index (κ3) is 2.51. The zero-order valence-electron chi connectivity index (χ0n) is 9.61. The van der Waals surface area contributed by atoms with Crippen LogP contribution in [0.25, 0.3) is 0 Å². The SMILES string of the molecule is CC(C)(C)OC(=O)C1(C(=O)O)CC(O)CN1.